The molecule has 0 bridgehead atoms. The molecule has 106 valence electrons. The molecule has 1 aromatic carbocycles. The maximum absolute atomic E-state index is 13.0. The molecular formula is C16H24FNO. The molecule has 3 unspecified atom stereocenters. The molecule has 0 amide bonds. The lowest BCUT2D eigenvalue weighted by molar-refractivity contribution is 0.253. The molecule has 0 spiro atoms. The molecule has 0 aliphatic heterocycles. The normalized spacial score (nSPS) is 24.6. The first kappa shape index (κ1) is 14.5. The Labute approximate surface area is 115 Å². The van der Waals surface area contributed by atoms with Crippen LogP contribution < -0.4 is 5.32 Å². The SMILES string of the molecule is CCC(CCO)NC1CCCC1c1ccc(F)cc1. The van der Waals surface area contributed by atoms with Gasteiger partial charge in [-0.2, -0.15) is 0 Å². The largest absolute Gasteiger partial charge is 0.396 e. The summed E-state index contributed by atoms with van der Waals surface area (Å²) in [4.78, 5) is 0. The van der Waals surface area contributed by atoms with Crippen molar-refractivity contribution >= 4 is 0 Å². The first-order chi connectivity index (χ1) is 9.24. The summed E-state index contributed by atoms with van der Waals surface area (Å²) < 4.78 is 13.0. The third-order valence-electron chi connectivity index (χ3n) is 4.23. The minimum absolute atomic E-state index is 0.169. The van der Waals surface area contributed by atoms with Gasteiger partial charge in [-0.05, 0) is 49.3 Å². The molecule has 0 aromatic heterocycles. The van der Waals surface area contributed by atoms with E-state index >= 15 is 0 Å². The molecule has 2 rings (SSSR count). The lowest BCUT2D eigenvalue weighted by Crippen LogP contribution is -2.39. The molecule has 1 saturated carbocycles. The molecule has 3 atom stereocenters. The molecule has 19 heavy (non-hydrogen) atoms. The lowest BCUT2D eigenvalue weighted by atomic mass is 9.93. The van der Waals surface area contributed by atoms with Crippen LogP contribution in [0.5, 0.6) is 0 Å². The van der Waals surface area contributed by atoms with Crippen molar-refractivity contribution in [1.29, 1.82) is 0 Å². The summed E-state index contributed by atoms with van der Waals surface area (Å²) in [5.74, 6) is 0.311. The monoisotopic (exact) mass is 265 g/mol. The number of hydrogen-bond donors (Lipinski definition) is 2. The van der Waals surface area contributed by atoms with E-state index in [1.54, 1.807) is 12.1 Å². The van der Waals surface area contributed by atoms with Crippen molar-refractivity contribution in [3.8, 4) is 0 Å². The average Bonchev–Trinajstić information content (AvgIpc) is 2.87. The second-order valence-electron chi connectivity index (χ2n) is 5.48. The summed E-state index contributed by atoms with van der Waals surface area (Å²) in [6, 6.07) is 7.77. The van der Waals surface area contributed by atoms with E-state index in [2.05, 4.69) is 12.2 Å². The number of aliphatic hydroxyl groups is 1. The van der Waals surface area contributed by atoms with E-state index in [0.29, 0.717) is 18.0 Å². The van der Waals surface area contributed by atoms with Crippen molar-refractivity contribution in [3.63, 3.8) is 0 Å². The topological polar surface area (TPSA) is 32.3 Å². The Morgan fingerprint density at radius 2 is 2.05 bits per heavy atom. The molecule has 2 N–H and O–H groups in total. The Morgan fingerprint density at radius 3 is 2.68 bits per heavy atom. The fraction of sp³-hybridized carbons (Fsp3) is 0.625. The molecule has 3 heteroatoms. The molecule has 2 nitrogen and oxygen atoms in total. The zero-order valence-corrected chi connectivity index (χ0v) is 11.6. The Kier molecular flexibility index (Phi) is 5.34. The fourth-order valence-electron chi connectivity index (χ4n) is 3.13. The Bertz CT molecular complexity index is 379. The van der Waals surface area contributed by atoms with Crippen molar-refractivity contribution in [1.82, 2.24) is 5.32 Å². The highest BCUT2D eigenvalue weighted by atomic mass is 19.1. The zero-order chi connectivity index (χ0) is 13.7. The van der Waals surface area contributed by atoms with E-state index in [1.807, 2.05) is 12.1 Å². The number of rotatable bonds is 6. The van der Waals surface area contributed by atoms with E-state index < -0.39 is 0 Å². The van der Waals surface area contributed by atoms with Crippen molar-refractivity contribution in [2.45, 2.75) is 57.0 Å². The Hall–Kier alpha value is -0.930. The van der Waals surface area contributed by atoms with E-state index in [4.69, 9.17) is 5.11 Å². The zero-order valence-electron chi connectivity index (χ0n) is 11.6. The summed E-state index contributed by atoms with van der Waals surface area (Å²) in [5, 5.41) is 12.7. The van der Waals surface area contributed by atoms with Crippen LogP contribution in [0.4, 0.5) is 4.39 Å². The highest BCUT2D eigenvalue weighted by Crippen LogP contribution is 2.35. The maximum Gasteiger partial charge on any atom is 0.123 e. The third-order valence-corrected chi connectivity index (χ3v) is 4.23. The van der Waals surface area contributed by atoms with Gasteiger partial charge < -0.3 is 10.4 Å². The van der Waals surface area contributed by atoms with Gasteiger partial charge in [0.25, 0.3) is 0 Å². The van der Waals surface area contributed by atoms with Gasteiger partial charge in [0.05, 0.1) is 0 Å². The van der Waals surface area contributed by atoms with Crippen LogP contribution in [-0.4, -0.2) is 23.8 Å². The smallest absolute Gasteiger partial charge is 0.123 e. The molecule has 1 aliphatic carbocycles. The number of hydrogen-bond acceptors (Lipinski definition) is 2. The van der Waals surface area contributed by atoms with E-state index in [0.717, 1.165) is 12.8 Å². The van der Waals surface area contributed by atoms with Gasteiger partial charge in [-0.15, -0.1) is 0 Å². The standard InChI is InChI=1S/C16H24FNO/c1-2-14(10-11-19)18-16-5-3-4-15(16)12-6-8-13(17)9-7-12/h6-9,14-16,18-19H,2-5,10-11H2,1H3. The van der Waals surface area contributed by atoms with Crippen molar-refractivity contribution in [3.05, 3.63) is 35.6 Å². The highest BCUT2D eigenvalue weighted by Gasteiger charge is 2.29. The fourth-order valence-corrected chi connectivity index (χ4v) is 3.13. The average molecular weight is 265 g/mol. The van der Waals surface area contributed by atoms with Crippen LogP contribution in [0.2, 0.25) is 0 Å². The van der Waals surface area contributed by atoms with Crippen LogP contribution in [0.25, 0.3) is 0 Å². The summed E-state index contributed by atoms with van der Waals surface area (Å²) in [7, 11) is 0. The second-order valence-corrected chi connectivity index (χ2v) is 5.48. The number of halogens is 1. The van der Waals surface area contributed by atoms with E-state index in [-0.39, 0.29) is 12.4 Å². The van der Waals surface area contributed by atoms with Crippen molar-refractivity contribution in [2.75, 3.05) is 6.61 Å². The predicted octanol–water partition coefficient (Wildman–Crippen LogP) is 3.21. The van der Waals surface area contributed by atoms with Gasteiger partial charge in [0.2, 0.25) is 0 Å². The number of benzene rings is 1. The van der Waals surface area contributed by atoms with Gasteiger partial charge >= 0.3 is 0 Å². The summed E-state index contributed by atoms with van der Waals surface area (Å²) in [6.07, 6.45) is 5.40. The first-order valence-corrected chi connectivity index (χ1v) is 7.37. The van der Waals surface area contributed by atoms with Crippen LogP contribution in [0.1, 0.15) is 50.5 Å². The van der Waals surface area contributed by atoms with Gasteiger partial charge in [0.1, 0.15) is 5.82 Å². The minimum atomic E-state index is -0.169. The molecule has 1 fully saturated rings. The Morgan fingerprint density at radius 1 is 1.32 bits per heavy atom. The van der Waals surface area contributed by atoms with Gasteiger partial charge in [-0.1, -0.05) is 25.5 Å². The van der Waals surface area contributed by atoms with Crippen LogP contribution in [0, 0.1) is 5.82 Å². The first-order valence-electron chi connectivity index (χ1n) is 7.37. The van der Waals surface area contributed by atoms with Gasteiger partial charge in [0, 0.05) is 18.7 Å². The van der Waals surface area contributed by atoms with Crippen molar-refractivity contribution in [2.24, 2.45) is 0 Å². The molecule has 0 radical (unpaired) electrons. The molecule has 0 saturated heterocycles. The quantitative estimate of drug-likeness (QED) is 0.828. The summed E-state index contributed by atoms with van der Waals surface area (Å²) in [5.41, 5.74) is 1.23. The van der Waals surface area contributed by atoms with Crippen LogP contribution in [0.3, 0.4) is 0 Å². The summed E-state index contributed by atoms with van der Waals surface area (Å²) >= 11 is 0. The van der Waals surface area contributed by atoms with E-state index in [9.17, 15) is 4.39 Å². The maximum atomic E-state index is 13.0. The van der Waals surface area contributed by atoms with Crippen LogP contribution >= 0.6 is 0 Å². The van der Waals surface area contributed by atoms with Gasteiger partial charge in [-0.25, -0.2) is 4.39 Å². The Balaban J connectivity index is 2.02. The molecule has 1 aromatic rings. The van der Waals surface area contributed by atoms with E-state index in [1.165, 1.54) is 24.8 Å². The molecule has 0 heterocycles. The highest BCUT2D eigenvalue weighted by molar-refractivity contribution is 5.23. The molecule has 1 aliphatic rings. The summed E-state index contributed by atoms with van der Waals surface area (Å²) in [6.45, 7) is 2.38. The van der Waals surface area contributed by atoms with Gasteiger partial charge in [0.15, 0.2) is 0 Å². The lowest BCUT2D eigenvalue weighted by Gasteiger charge is -2.26. The molecular weight excluding hydrogens is 241 g/mol. The third kappa shape index (κ3) is 3.77. The minimum Gasteiger partial charge on any atom is -0.396 e. The van der Waals surface area contributed by atoms with Gasteiger partial charge in [-0.3, -0.25) is 0 Å². The second kappa shape index (κ2) is 7.01. The predicted molar refractivity (Wildman–Crippen MR) is 75.7 cm³/mol. The van der Waals surface area contributed by atoms with Crippen LogP contribution in [-0.2, 0) is 0 Å². The van der Waals surface area contributed by atoms with Crippen LogP contribution in [0.15, 0.2) is 24.3 Å². The number of aliphatic hydroxyl groups excluding tert-OH is 1. The van der Waals surface area contributed by atoms with Crippen molar-refractivity contribution < 1.29 is 9.50 Å². The number of nitrogens with one attached hydrogen (secondary N) is 1.